The normalized spacial score (nSPS) is 15.9. The minimum Gasteiger partial charge on any atom is -0.508 e. The van der Waals surface area contributed by atoms with Crippen LogP contribution in [0, 0.1) is 6.92 Å². The first kappa shape index (κ1) is 18.1. The third-order valence-corrected chi connectivity index (χ3v) is 5.01. The molecule has 0 spiro atoms. The molecule has 7 heteroatoms. The molecule has 4 N–H and O–H groups in total. The average Bonchev–Trinajstić information content (AvgIpc) is 3.21. The number of aromatic amines is 1. The van der Waals surface area contributed by atoms with Crippen LogP contribution in [0.25, 0.3) is 11.3 Å². The summed E-state index contributed by atoms with van der Waals surface area (Å²) < 4.78 is 0. The summed E-state index contributed by atoms with van der Waals surface area (Å²) in [6.45, 7) is 2.24. The zero-order valence-corrected chi connectivity index (χ0v) is 15.4. The lowest BCUT2D eigenvalue weighted by atomic mass is 9.95. The number of phenols is 2. The first-order valence-electron chi connectivity index (χ1n) is 9.10. The molecule has 1 amide bonds. The highest BCUT2D eigenvalue weighted by atomic mass is 16.3. The number of nitrogens with one attached hydrogen (secondary N) is 1. The van der Waals surface area contributed by atoms with Crippen molar-refractivity contribution in [2.24, 2.45) is 0 Å². The summed E-state index contributed by atoms with van der Waals surface area (Å²) in [5.74, 6) is -0.0394. The smallest absolute Gasteiger partial charge is 0.273 e. The Bertz CT molecular complexity index is 1040. The van der Waals surface area contributed by atoms with Gasteiger partial charge in [-0.15, -0.1) is 0 Å². The van der Waals surface area contributed by atoms with Gasteiger partial charge < -0.3 is 20.2 Å². The molecule has 144 valence electrons. The Kier molecular flexibility index (Phi) is 4.52. The predicted octanol–water partition coefficient (Wildman–Crippen LogP) is 2.72. The van der Waals surface area contributed by atoms with Gasteiger partial charge in [0, 0.05) is 24.3 Å². The monoisotopic (exact) mass is 379 g/mol. The molecule has 0 saturated heterocycles. The molecule has 0 unspecified atom stereocenters. The van der Waals surface area contributed by atoms with Crippen molar-refractivity contribution in [3.63, 3.8) is 0 Å². The number of carbonyl (C=O) groups excluding carboxylic acids is 1. The zero-order chi connectivity index (χ0) is 19.8. The Balaban J connectivity index is 1.91. The van der Waals surface area contributed by atoms with Crippen LogP contribution in [0.5, 0.6) is 11.5 Å². The number of aromatic hydroxyl groups is 2. The van der Waals surface area contributed by atoms with Crippen LogP contribution in [0.3, 0.4) is 0 Å². The standard InChI is InChI=1S/C21H21N3O4/c1-12-6-7-16(27)15(10-12)18-17-19(23-22-18)21(28)24(8-3-9-25)20(17)13-4-2-5-14(26)11-13/h2,4-7,10-11,20,25-27H,3,8-9H2,1H3,(H,22,23)/t20-/m0/s1. The summed E-state index contributed by atoms with van der Waals surface area (Å²) in [6, 6.07) is 11.5. The van der Waals surface area contributed by atoms with Crippen LogP contribution in [0.4, 0.5) is 0 Å². The second-order valence-corrected chi connectivity index (χ2v) is 6.95. The number of hydrogen-bond donors (Lipinski definition) is 4. The number of aliphatic hydroxyl groups excluding tert-OH is 1. The van der Waals surface area contributed by atoms with E-state index in [1.807, 2.05) is 19.1 Å². The summed E-state index contributed by atoms with van der Waals surface area (Å²) in [6.07, 6.45) is 0.434. The van der Waals surface area contributed by atoms with E-state index >= 15 is 0 Å². The Morgan fingerprint density at radius 3 is 2.75 bits per heavy atom. The van der Waals surface area contributed by atoms with Gasteiger partial charge in [0.05, 0.1) is 6.04 Å². The molecule has 4 rings (SSSR count). The summed E-state index contributed by atoms with van der Waals surface area (Å²) in [4.78, 5) is 14.7. The van der Waals surface area contributed by atoms with E-state index in [2.05, 4.69) is 10.2 Å². The molecule has 1 aliphatic heterocycles. The number of aromatic nitrogens is 2. The lowest BCUT2D eigenvalue weighted by molar-refractivity contribution is 0.0732. The van der Waals surface area contributed by atoms with Crippen LogP contribution < -0.4 is 0 Å². The highest BCUT2D eigenvalue weighted by molar-refractivity contribution is 6.00. The van der Waals surface area contributed by atoms with E-state index in [0.717, 1.165) is 11.1 Å². The number of fused-ring (bicyclic) bond motifs is 1. The van der Waals surface area contributed by atoms with Crippen LogP contribution in [0.2, 0.25) is 0 Å². The van der Waals surface area contributed by atoms with Crippen molar-refractivity contribution >= 4 is 5.91 Å². The number of phenolic OH excluding ortho intramolecular Hbond substituents is 2. The highest BCUT2D eigenvalue weighted by Gasteiger charge is 2.42. The van der Waals surface area contributed by atoms with Crippen LogP contribution in [-0.4, -0.2) is 49.5 Å². The maximum atomic E-state index is 13.0. The third kappa shape index (κ3) is 2.90. The average molecular weight is 379 g/mol. The Morgan fingerprint density at radius 2 is 2.00 bits per heavy atom. The highest BCUT2D eigenvalue weighted by Crippen LogP contribution is 2.45. The van der Waals surface area contributed by atoms with Crippen LogP contribution in [0.1, 0.15) is 39.6 Å². The van der Waals surface area contributed by atoms with E-state index in [1.165, 1.54) is 0 Å². The maximum absolute atomic E-state index is 13.0. The van der Waals surface area contributed by atoms with Crippen molar-refractivity contribution in [1.29, 1.82) is 0 Å². The van der Waals surface area contributed by atoms with Crippen LogP contribution in [0.15, 0.2) is 42.5 Å². The largest absolute Gasteiger partial charge is 0.508 e. The number of carbonyl (C=O) groups is 1. The first-order chi connectivity index (χ1) is 13.5. The van der Waals surface area contributed by atoms with Crippen molar-refractivity contribution in [3.8, 4) is 22.8 Å². The lowest BCUT2D eigenvalue weighted by Gasteiger charge is -2.26. The summed E-state index contributed by atoms with van der Waals surface area (Å²) in [7, 11) is 0. The van der Waals surface area contributed by atoms with E-state index in [9.17, 15) is 20.1 Å². The number of benzene rings is 2. The molecule has 2 aromatic carbocycles. The minimum absolute atomic E-state index is 0.0335. The lowest BCUT2D eigenvalue weighted by Crippen LogP contribution is -2.31. The fourth-order valence-corrected chi connectivity index (χ4v) is 3.75. The molecule has 1 aromatic heterocycles. The zero-order valence-electron chi connectivity index (χ0n) is 15.4. The molecular formula is C21H21N3O4. The predicted molar refractivity (Wildman–Crippen MR) is 103 cm³/mol. The second-order valence-electron chi connectivity index (χ2n) is 6.95. The van der Waals surface area contributed by atoms with E-state index in [1.54, 1.807) is 35.2 Å². The number of hydrogen-bond acceptors (Lipinski definition) is 5. The molecule has 0 fully saturated rings. The molecule has 3 aromatic rings. The van der Waals surface area contributed by atoms with E-state index in [4.69, 9.17) is 0 Å². The fraction of sp³-hybridized carbons (Fsp3) is 0.238. The van der Waals surface area contributed by atoms with E-state index in [0.29, 0.717) is 35.5 Å². The van der Waals surface area contributed by atoms with Gasteiger partial charge in [0.15, 0.2) is 0 Å². The van der Waals surface area contributed by atoms with Crippen molar-refractivity contribution < 1.29 is 20.1 Å². The van der Waals surface area contributed by atoms with Gasteiger partial charge in [0.2, 0.25) is 0 Å². The number of aryl methyl sites for hydroxylation is 1. The van der Waals surface area contributed by atoms with Gasteiger partial charge in [-0.2, -0.15) is 5.10 Å². The van der Waals surface area contributed by atoms with Gasteiger partial charge in [0.1, 0.15) is 22.9 Å². The fourth-order valence-electron chi connectivity index (χ4n) is 3.75. The van der Waals surface area contributed by atoms with Gasteiger partial charge in [-0.1, -0.05) is 23.8 Å². The number of amides is 1. The van der Waals surface area contributed by atoms with Crippen molar-refractivity contribution in [3.05, 3.63) is 64.8 Å². The van der Waals surface area contributed by atoms with Gasteiger partial charge in [-0.3, -0.25) is 9.89 Å². The van der Waals surface area contributed by atoms with E-state index < -0.39 is 6.04 Å². The molecule has 0 radical (unpaired) electrons. The number of rotatable bonds is 5. The molecule has 2 heterocycles. The molecule has 1 atom stereocenters. The Hall–Kier alpha value is -3.32. The third-order valence-electron chi connectivity index (χ3n) is 5.01. The SMILES string of the molecule is Cc1ccc(O)c(-c2n[nH]c3c2[C@H](c2cccc(O)c2)N(CCCO)C3=O)c1. The van der Waals surface area contributed by atoms with E-state index in [-0.39, 0.29) is 24.0 Å². The molecule has 0 bridgehead atoms. The summed E-state index contributed by atoms with van der Waals surface area (Å²) >= 11 is 0. The van der Waals surface area contributed by atoms with Crippen LogP contribution >= 0.6 is 0 Å². The summed E-state index contributed by atoms with van der Waals surface area (Å²) in [5.41, 5.74) is 3.76. The summed E-state index contributed by atoms with van der Waals surface area (Å²) in [5, 5.41) is 36.8. The molecule has 28 heavy (non-hydrogen) atoms. The first-order valence-corrected chi connectivity index (χ1v) is 9.10. The minimum atomic E-state index is -0.477. The number of H-pyrrole nitrogens is 1. The van der Waals surface area contributed by atoms with Crippen molar-refractivity contribution in [2.75, 3.05) is 13.2 Å². The van der Waals surface area contributed by atoms with Gasteiger partial charge in [-0.05, 0) is 43.2 Å². The van der Waals surface area contributed by atoms with Gasteiger partial charge in [0.25, 0.3) is 5.91 Å². The quantitative estimate of drug-likeness (QED) is 0.545. The maximum Gasteiger partial charge on any atom is 0.273 e. The number of aliphatic hydroxyl groups is 1. The Labute approximate surface area is 161 Å². The number of nitrogens with zero attached hydrogens (tertiary/aromatic N) is 2. The molecule has 7 nitrogen and oxygen atoms in total. The van der Waals surface area contributed by atoms with Gasteiger partial charge >= 0.3 is 0 Å². The molecule has 0 saturated carbocycles. The molecule has 1 aliphatic rings. The van der Waals surface area contributed by atoms with Crippen LogP contribution in [-0.2, 0) is 0 Å². The Morgan fingerprint density at radius 1 is 1.18 bits per heavy atom. The van der Waals surface area contributed by atoms with Crippen molar-refractivity contribution in [1.82, 2.24) is 15.1 Å². The van der Waals surface area contributed by atoms with Crippen molar-refractivity contribution in [2.45, 2.75) is 19.4 Å². The molecular weight excluding hydrogens is 358 g/mol. The second kappa shape index (κ2) is 7.01. The van der Waals surface area contributed by atoms with Gasteiger partial charge in [-0.25, -0.2) is 0 Å². The topological polar surface area (TPSA) is 110 Å². The molecule has 0 aliphatic carbocycles.